The van der Waals surface area contributed by atoms with Gasteiger partial charge in [0.05, 0.1) is 0 Å². The second-order valence-corrected chi connectivity index (χ2v) is 6.51. The van der Waals surface area contributed by atoms with E-state index >= 15 is 0 Å². The Hall–Kier alpha value is -1.33. The van der Waals surface area contributed by atoms with E-state index in [1.807, 2.05) is 18.2 Å². The summed E-state index contributed by atoms with van der Waals surface area (Å²) >= 11 is 3.46. The highest BCUT2D eigenvalue weighted by Gasteiger charge is 2.29. The minimum atomic E-state index is -0.713. The zero-order valence-electron chi connectivity index (χ0n) is 11.7. The van der Waals surface area contributed by atoms with E-state index in [4.69, 9.17) is 4.74 Å². The summed E-state index contributed by atoms with van der Waals surface area (Å²) < 4.78 is 6.78. The Morgan fingerprint density at radius 1 is 1.43 bits per heavy atom. The van der Waals surface area contributed by atoms with Crippen molar-refractivity contribution in [1.82, 2.24) is 4.90 Å². The van der Waals surface area contributed by atoms with E-state index in [2.05, 4.69) is 26.9 Å². The molecule has 0 aromatic heterocycles. The van der Waals surface area contributed by atoms with Gasteiger partial charge >= 0.3 is 5.97 Å². The predicted molar refractivity (Wildman–Crippen MR) is 84.5 cm³/mol. The standard InChI is InChI=1S/C16H18BrNO3/c17-13-4-5-15-12(8-13)7-11(10-21-15)9-18-6-2-1-3-14(18)16(19)20/h4-5,7-8,14H,1-3,6,9-10H2,(H,19,20). The van der Waals surface area contributed by atoms with Crippen LogP contribution in [0.5, 0.6) is 5.75 Å². The summed E-state index contributed by atoms with van der Waals surface area (Å²) in [5.41, 5.74) is 2.18. The number of piperidine rings is 1. The average molecular weight is 352 g/mol. The molecule has 1 N–H and O–H groups in total. The second kappa shape index (κ2) is 6.20. The first-order valence-electron chi connectivity index (χ1n) is 7.22. The number of hydrogen-bond donors (Lipinski definition) is 1. The molecule has 2 aliphatic heterocycles. The third-order valence-electron chi connectivity index (χ3n) is 4.05. The molecule has 0 spiro atoms. The van der Waals surface area contributed by atoms with Crippen molar-refractivity contribution in [3.63, 3.8) is 0 Å². The van der Waals surface area contributed by atoms with E-state index in [-0.39, 0.29) is 6.04 Å². The lowest BCUT2D eigenvalue weighted by atomic mass is 10.0. The highest BCUT2D eigenvalue weighted by Crippen LogP contribution is 2.30. The first-order valence-corrected chi connectivity index (χ1v) is 8.01. The van der Waals surface area contributed by atoms with Crippen LogP contribution in [-0.4, -0.2) is 41.7 Å². The number of fused-ring (bicyclic) bond motifs is 1. The van der Waals surface area contributed by atoms with Crippen LogP contribution in [0.15, 0.2) is 28.2 Å². The summed E-state index contributed by atoms with van der Waals surface area (Å²) in [5.74, 6) is 0.172. The second-order valence-electron chi connectivity index (χ2n) is 5.59. The summed E-state index contributed by atoms with van der Waals surface area (Å²) in [6.07, 6.45) is 4.93. The molecular weight excluding hydrogens is 334 g/mol. The summed E-state index contributed by atoms with van der Waals surface area (Å²) in [5, 5.41) is 9.33. The minimum absolute atomic E-state index is 0.358. The molecule has 0 saturated carbocycles. The molecule has 2 aliphatic rings. The van der Waals surface area contributed by atoms with Gasteiger partial charge in [0.2, 0.25) is 0 Å². The van der Waals surface area contributed by atoms with Crippen molar-refractivity contribution in [2.75, 3.05) is 19.7 Å². The maximum Gasteiger partial charge on any atom is 0.320 e. The van der Waals surface area contributed by atoms with Crippen LogP contribution in [0.25, 0.3) is 6.08 Å². The smallest absolute Gasteiger partial charge is 0.320 e. The number of hydrogen-bond acceptors (Lipinski definition) is 3. The van der Waals surface area contributed by atoms with E-state index < -0.39 is 5.97 Å². The molecule has 3 rings (SSSR count). The quantitative estimate of drug-likeness (QED) is 0.908. The molecule has 5 heteroatoms. The van der Waals surface area contributed by atoms with Crippen molar-refractivity contribution in [1.29, 1.82) is 0 Å². The zero-order chi connectivity index (χ0) is 14.8. The summed E-state index contributed by atoms with van der Waals surface area (Å²) in [4.78, 5) is 13.4. The molecule has 1 atom stereocenters. The summed E-state index contributed by atoms with van der Waals surface area (Å²) in [7, 11) is 0. The van der Waals surface area contributed by atoms with Crippen LogP contribution in [0.3, 0.4) is 0 Å². The van der Waals surface area contributed by atoms with Crippen LogP contribution >= 0.6 is 15.9 Å². The van der Waals surface area contributed by atoms with Crippen molar-refractivity contribution >= 4 is 28.0 Å². The third-order valence-corrected chi connectivity index (χ3v) is 4.54. The molecule has 0 radical (unpaired) electrons. The molecule has 1 aromatic carbocycles. The number of aliphatic carboxylic acids is 1. The number of ether oxygens (including phenoxy) is 1. The molecule has 1 fully saturated rings. The van der Waals surface area contributed by atoms with Gasteiger partial charge in [-0.1, -0.05) is 22.4 Å². The fraction of sp³-hybridized carbons (Fsp3) is 0.438. The largest absolute Gasteiger partial charge is 0.489 e. The molecule has 0 aliphatic carbocycles. The molecule has 4 nitrogen and oxygen atoms in total. The van der Waals surface area contributed by atoms with Gasteiger partial charge in [-0.2, -0.15) is 0 Å². The fourth-order valence-corrected chi connectivity index (χ4v) is 3.39. The highest BCUT2D eigenvalue weighted by molar-refractivity contribution is 9.10. The van der Waals surface area contributed by atoms with Gasteiger partial charge in [0.25, 0.3) is 0 Å². The average Bonchev–Trinajstić information content (AvgIpc) is 2.47. The number of carboxylic acids is 1. The normalized spacial score (nSPS) is 22.1. The van der Waals surface area contributed by atoms with E-state index in [0.29, 0.717) is 13.2 Å². The Morgan fingerprint density at radius 2 is 2.29 bits per heavy atom. The fourth-order valence-electron chi connectivity index (χ4n) is 3.01. The monoisotopic (exact) mass is 351 g/mol. The van der Waals surface area contributed by atoms with Gasteiger partial charge in [0.1, 0.15) is 18.4 Å². The van der Waals surface area contributed by atoms with Gasteiger partial charge < -0.3 is 9.84 Å². The van der Waals surface area contributed by atoms with Gasteiger partial charge in [-0.15, -0.1) is 0 Å². The molecule has 21 heavy (non-hydrogen) atoms. The molecule has 112 valence electrons. The molecule has 2 heterocycles. The lowest BCUT2D eigenvalue weighted by Crippen LogP contribution is -2.45. The number of likely N-dealkylation sites (tertiary alicyclic amines) is 1. The first-order chi connectivity index (χ1) is 10.1. The number of nitrogens with zero attached hydrogens (tertiary/aromatic N) is 1. The summed E-state index contributed by atoms with van der Waals surface area (Å²) in [6.45, 7) is 2.06. The Morgan fingerprint density at radius 3 is 3.10 bits per heavy atom. The minimum Gasteiger partial charge on any atom is -0.489 e. The van der Waals surface area contributed by atoms with E-state index in [9.17, 15) is 9.90 Å². The molecule has 0 bridgehead atoms. The molecular formula is C16H18BrNO3. The van der Waals surface area contributed by atoms with Crippen molar-refractivity contribution in [2.45, 2.75) is 25.3 Å². The number of carbonyl (C=O) groups is 1. The Labute approximate surface area is 132 Å². The maximum absolute atomic E-state index is 11.4. The van der Waals surface area contributed by atoms with Crippen LogP contribution < -0.4 is 4.74 Å². The van der Waals surface area contributed by atoms with Gasteiger partial charge in [-0.05, 0) is 49.2 Å². The lowest BCUT2D eigenvalue weighted by molar-refractivity contribution is -0.144. The van der Waals surface area contributed by atoms with Crippen molar-refractivity contribution in [2.24, 2.45) is 0 Å². The highest BCUT2D eigenvalue weighted by atomic mass is 79.9. The van der Waals surface area contributed by atoms with E-state index in [1.54, 1.807) is 0 Å². The van der Waals surface area contributed by atoms with Crippen molar-refractivity contribution in [3.8, 4) is 5.75 Å². The number of halogens is 1. The van der Waals surface area contributed by atoms with Gasteiger partial charge in [0.15, 0.2) is 0 Å². The van der Waals surface area contributed by atoms with Crippen LogP contribution in [0.1, 0.15) is 24.8 Å². The lowest BCUT2D eigenvalue weighted by Gasteiger charge is -2.34. The first kappa shape index (κ1) is 14.6. The van der Waals surface area contributed by atoms with E-state index in [0.717, 1.165) is 47.2 Å². The zero-order valence-corrected chi connectivity index (χ0v) is 13.3. The van der Waals surface area contributed by atoms with E-state index in [1.165, 1.54) is 0 Å². The van der Waals surface area contributed by atoms with Gasteiger partial charge in [-0.25, -0.2) is 0 Å². The number of benzene rings is 1. The topological polar surface area (TPSA) is 49.8 Å². The molecule has 1 saturated heterocycles. The SMILES string of the molecule is O=C(O)C1CCCCN1CC1=Cc2cc(Br)ccc2OC1. The van der Waals surface area contributed by atoms with Crippen LogP contribution in [0, 0.1) is 0 Å². The van der Waals surface area contributed by atoms with Gasteiger partial charge in [-0.3, -0.25) is 9.69 Å². The molecule has 1 unspecified atom stereocenters. The Kier molecular flexibility index (Phi) is 4.31. The Bertz CT molecular complexity index is 585. The van der Waals surface area contributed by atoms with Crippen LogP contribution in [-0.2, 0) is 4.79 Å². The van der Waals surface area contributed by atoms with Crippen LogP contribution in [0.4, 0.5) is 0 Å². The molecule has 1 aromatic rings. The number of rotatable bonds is 3. The third kappa shape index (κ3) is 3.30. The predicted octanol–water partition coefficient (Wildman–Crippen LogP) is 3.16. The maximum atomic E-state index is 11.4. The van der Waals surface area contributed by atoms with Gasteiger partial charge in [0, 0.05) is 16.6 Å². The molecule has 0 amide bonds. The summed E-state index contributed by atoms with van der Waals surface area (Å²) in [6, 6.07) is 5.58. The number of carboxylic acid groups (broad SMARTS) is 1. The van der Waals surface area contributed by atoms with Crippen LogP contribution in [0.2, 0.25) is 0 Å². The van der Waals surface area contributed by atoms with Crippen molar-refractivity contribution in [3.05, 3.63) is 33.8 Å². The Balaban J connectivity index is 1.77. The van der Waals surface area contributed by atoms with Crippen molar-refractivity contribution < 1.29 is 14.6 Å².